The average molecular weight is 311 g/mol. The van der Waals surface area contributed by atoms with E-state index in [-0.39, 0.29) is 5.82 Å². The van der Waals surface area contributed by atoms with Crippen molar-refractivity contribution in [1.82, 2.24) is 0 Å². The molecule has 2 aliphatic heterocycles. The van der Waals surface area contributed by atoms with Crippen LogP contribution < -0.4 is 9.64 Å². The Labute approximate surface area is 113 Å². The average Bonchev–Trinajstić information content (AvgIpc) is 2.83. The van der Waals surface area contributed by atoms with E-state index < -0.39 is 0 Å². The monoisotopic (exact) mass is 310 g/mol. The fraction of sp³-hybridized carbons (Fsp3) is 0.308. The minimum Gasteiger partial charge on any atom is -0.486 e. The SMILES string of the molecule is Fc1cc(Br)cc2c1OCCN2CC1=CCC=N1. The molecule has 3 nitrogen and oxygen atoms in total. The lowest BCUT2D eigenvalue weighted by molar-refractivity contribution is 0.293. The molecule has 0 aromatic heterocycles. The first-order chi connectivity index (χ1) is 8.74. The number of hydrogen-bond acceptors (Lipinski definition) is 3. The summed E-state index contributed by atoms with van der Waals surface area (Å²) in [6, 6.07) is 3.31. The second kappa shape index (κ2) is 4.72. The Morgan fingerprint density at radius 2 is 2.33 bits per heavy atom. The number of nitrogens with zero attached hydrogens (tertiary/aromatic N) is 2. The molecule has 0 bridgehead atoms. The first-order valence-electron chi connectivity index (χ1n) is 5.82. The Hall–Kier alpha value is -1.36. The van der Waals surface area contributed by atoms with E-state index in [4.69, 9.17) is 4.74 Å². The van der Waals surface area contributed by atoms with Crippen LogP contribution in [0, 0.1) is 5.82 Å². The van der Waals surface area contributed by atoms with Gasteiger partial charge in [0.25, 0.3) is 0 Å². The third kappa shape index (κ3) is 2.14. The van der Waals surface area contributed by atoms with Gasteiger partial charge in [0.2, 0.25) is 0 Å². The van der Waals surface area contributed by atoms with Gasteiger partial charge in [-0.1, -0.05) is 22.0 Å². The van der Waals surface area contributed by atoms with Crippen molar-refractivity contribution in [1.29, 1.82) is 0 Å². The second-order valence-corrected chi connectivity index (χ2v) is 5.16. The molecule has 94 valence electrons. The number of halogens is 2. The predicted molar refractivity (Wildman–Crippen MR) is 73.0 cm³/mol. The zero-order valence-corrected chi connectivity index (χ0v) is 11.3. The van der Waals surface area contributed by atoms with Crippen LogP contribution in [-0.4, -0.2) is 25.9 Å². The number of hydrogen-bond donors (Lipinski definition) is 0. The zero-order valence-electron chi connectivity index (χ0n) is 9.70. The highest BCUT2D eigenvalue weighted by Gasteiger charge is 2.23. The number of fused-ring (bicyclic) bond motifs is 1. The van der Waals surface area contributed by atoms with E-state index >= 15 is 0 Å². The maximum Gasteiger partial charge on any atom is 0.178 e. The number of rotatable bonds is 2. The van der Waals surface area contributed by atoms with Gasteiger partial charge in [-0.3, -0.25) is 4.99 Å². The molecule has 1 aromatic rings. The highest BCUT2D eigenvalue weighted by atomic mass is 79.9. The summed E-state index contributed by atoms with van der Waals surface area (Å²) < 4.78 is 19.9. The van der Waals surface area contributed by atoms with Crippen LogP contribution in [-0.2, 0) is 0 Å². The third-order valence-electron chi connectivity index (χ3n) is 3.01. The molecule has 1 aromatic carbocycles. The van der Waals surface area contributed by atoms with Crippen LogP contribution in [0.15, 0.2) is 33.4 Å². The Morgan fingerprint density at radius 1 is 1.44 bits per heavy atom. The molecule has 0 amide bonds. The Bertz CT molecular complexity index is 542. The molecule has 0 atom stereocenters. The standard InChI is InChI=1S/C13H12BrFN2O/c14-9-6-11(15)13-12(7-9)17(4-5-18-13)8-10-2-1-3-16-10/h2-3,6-7H,1,4-5,8H2. The van der Waals surface area contributed by atoms with Crippen LogP contribution in [0.2, 0.25) is 0 Å². The quantitative estimate of drug-likeness (QED) is 0.838. The molecular weight excluding hydrogens is 299 g/mol. The summed E-state index contributed by atoms with van der Waals surface area (Å²) in [5.74, 6) is 0.0139. The first-order valence-corrected chi connectivity index (χ1v) is 6.62. The lowest BCUT2D eigenvalue weighted by Crippen LogP contribution is -2.34. The summed E-state index contributed by atoms with van der Waals surface area (Å²) in [5, 5.41) is 0. The highest BCUT2D eigenvalue weighted by molar-refractivity contribution is 9.10. The molecular formula is C13H12BrFN2O. The van der Waals surface area contributed by atoms with Crippen LogP contribution >= 0.6 is 15.9 Å². The van der Waals surface area contributed by atoms with E-state index in [1.165, 1.54) is 6.07 Å². The second-order valence-electron chi connectivity index (χ2n) is 4.25. The normalized spacial score (nSPS) is 17.4. The molecule has 2 aliphatic rings. The van der Waals surface area contributed by atoms with Gasteiger partial charge < -0.3 is 9.64 Å². The molecule has 5 heteroatoms. The summed E-state index contributed by atoms with van der Waals surface area (Å²) >= 11 is 3.31. The van der Waals surface area contributed by atoms with Gasteiger partial charge in [0.05, 0.1) is 24.5 Å². The maximum absolute atomic E-state index is 13.8. The van der Waals surface area contributed by atoms with Crippen molar-refractivity contribution in [3.8, 4) is 5.75 Å². The fourth-order valence-electron chi connectivity index (χ4n) is 2.18. The Morgan fingerprint density at radius 3 is 3.11 bits per heavy atom. The topological polar surface area (TPSA) is 24.8 Å². The Balaban J connectivity index is 1.93. The summed E-state index contributed by atoms with van der Waals surface area (Å²) in [6.07, 6.45) is 4.86. The highest BCUT2D eigenvalue weighted by Crippen LogP contribution is 2.37. The van der Waals surface area contributed by atoms with Gasteiger partial charge in [0.1, 0.15) is 6.61 Å². The minimum absolute atomic E-state index is 0.326. The number of benzene rings is 1. The van der Waals surface area contributed by atoms with Crippen LogP contribution in [0.25, 0.3) is 0 Å². The minimum atomic E-state index is -0.326. The van der Waals surface area contributed by atoms with E-state index in [2.05, 4.69) is 31.9 Å². The van der Waals surface area contributed by atoms with E-state index in [0.717, 1.165) is 28.8 Å². The van der Waals surface area contributed by atoms with Crippen molar-refractivity contribution in [2.24, 2.45) is 4.99 Å². The molecule has 0 unspecified atom stereocenters. The first kappa shape index (κ1) is 11.7. The summed E-state index contributed by atoms with van der Waals surface area (Å²) in [5.41, 5.74) is 1.82. The zero-order chi connectivity index (χ0) is 12.5. The molecule has 0 saturated carbocycles. The van der Waals surface area contributed by atoms with Crippen LogP contribution in [0.3, 0.4) is 0 Å². The molecule has 0 saturated heterocycles. The van der Waals surface area contributed by atoms with Gasteiger partial charge in [-0.25, -0.2) is 4.39 Å². The van der Waals surface area contributed by atoms with Crippen LogP contribution in [0.1, 0.15) is 6.42 Å². The van der Waals surface area contributed by atoms with Crippen molar-refractivity contribution >= 4 is 27.8 Å². The third-order valence-corrected chi connectivity index (χ3v) is 3.46. The molecule has 0 radical (unpaired) electrons. The molecule has 0 N–H and O–H groups in total. The summed E-state index contributed by atoms with van der Waals surface area (Å²) in [7, 11) is 0. The molecule has 0 spiro atoms. The van der Waals surface area contributed by atoms with Gasteiger partial charge in [0.15, 0.2) is 11.6 Å². The largest absolute Gasteiger partial charge is 0.486 e. The molecule has 2 heterocycles. The van der Waals surface area contributed by atoms with Crippen molar-refractivity contribution in [3.63, 3.8) is 0 Å². The van der Waals surface area contributed by atoms with E-state index in [1.807, 2.05) is 12.3 Å². The smallest absolute Gasteiger partial charge is 0.178 e. The number of anilines is 1. The van der Waals surface area contributed by atoms with Gasteiger partial charge in [-0.15, -0.1) is 0 Å². The lowest BCUT2D eigenvalue weighted by atomic mass is 10.2. The number of aliphatic imine (C=N–C) groups is 1. The van der Waals surface area contributed by atoms with Gasteiger partial charge >= 0.3 is 0 Å². The molecule has 0 aliphatic carbocycles. The van der Waals surface area contributed by atoms with Crippen molar-refractivity contribution < 1.29 is 9.13 Å². The fourth-order valence-corrected chi connectivity index (χ4v) is 2.60. The van der Waals surface area contributed by atoms with Gasteiger partial charge in [0, 0.05) is 17.1 Å². The Kier molecular flexibility index (Phi) is 3.07. The van der Waals surface area contributed by atoms with Crippen LogP contribution in [0.5, 0.6) is 5.75 Å². The number of ether oxygens (including phenoxy) is 1. The van der Waals surface area contributed by atoms with Gasteiger partial charge in [-0.05, 0) is 12.1 Å². The molecule has 0 fully saturated rings. The van der Waals surface area contributed by atoms with E-state index in [1.54, 1.807) is 0 Å². The lowest BCUT2D eigenvalue weighted by Gasteiger charge is -2.31. The van der Waals surface area contributed by atoms with Crippen molar-refractivity contribution in [2.45, 2.75) is 6.42 Å². The summed E-state index contributed by atoms with van der Waals surface area (Å²) in [4.78, 5) is 6.39. The maximum atomic E-state index is 13.8. The van der Waals surface area contributed by atoms with Gasteiger partial charge in [-0.2, -0.15) is 0 Å². The van der Waals surface area contributed by atoms with E-state index in [9.17, 15) is 4.39 Å². The van der Waals surface area contributed by atoms with E-state index in [0.29, 0.717) is 18.9 Å². The van der Waals surface area contributed by atoms with Crippen LogP contribution in [0.4, 0.5) is 10.1 Å². The predicted octanol–water partition coefficient (Wildman–Crippen LogP) is 3.15. The number of allylic oxidation sites excluding steroid dienone is 1. The van der Waals surface area contributed by atoms with Crippen molar-refractivity contribution in [2.75, 3.05) is 24.6 Å². The van der Waals surface area contributed by atoms with Crippen molar-refractivity contribution in [3.05, 3.63) is 34.2 Å². The molecule has 3 rings (SSSR count). The molecule has 18 heavy (non-hydrogen) atoms. The summed E-state index contributed by atoms with van der Waals surface area (Å²) in [6.45, 7) is 1.95.